The summed E-state index contributed by atoms with van der Waals surface area (Å²) in [6, 6.07) is 10.5. The lowest BCUT2D eigenvalue weighted by molar-refractivity contribution is -0.144. The highest BCUT2D eigenvalue weighted by Crippen LogP contribution is 2.30. The highest BCUT2D eigenvalue weighted by atomic mass is 35.5. The summed E-state index contributed by atoms with van der Waals surface area (Å²) >= 11 is 6.19. The first-order valence-corrected chi connectivity index (χ1v) is 12.0. The molecule has 5 nitrogen and oxygen atoms in total. The van der Waals surface area contributed by atoms with Crippen molar-refractivity contribution in [3.05, 3.63) is 70.4 Å². The molecule has 9 heteroatoms. The van der Waals surface area contributed by atoms with Gasteiger partial charge in [-0.15, -0.1) is 0 Å². The Morgan fingerprint density at radius 2 is 1.69 bits per heavy atom. The molecule has 1 heterocycles. The number of hydrogen-bond donors (Lipinski definition) is 2. The number of benzene rings is 2. The quantitative estimate of drug-likeness (QED) is 0.414. The summed E-state index contributed by atoms with van der Waals surface area (Å²) in [5, 5.41) is 12.5. The number of nitrogens with one attached hydrogen (secondary N) is 1. The summed E-state index contributed by atoms with van der Waals surface area (Å²) in [4.78, 5) is 22.7. The van der Waals surface area contributed by atoms with Crippen LogP contribution >= 0.6 is 11.6 Å². The van der Waals surface area contributed by atoms with E-state index in [0.29, 0.717) is 22.7 Å². The molecule has 0 spiro atoms. The normalized spacial score (nSPS) is 16.1. The summed E-state index contributed by atoms with van der Waals surface area (Å²) in [6.45, 7) is 0.354. The minimum Gasteiger partial charge on any atom is -0.481 e. The fraction of sp³-hybridized carbons (Fsp3) is 0.385. The Morgan fingerprint density at radius 3 is 2.17 bits per heavy atom. The standard InChI is InChI=1S/C21H18ClF3N2O.C5H8O2/c22-16-10-14-8-9-27(12-13-4-6-15(7-5-13)21(23,24)25)19(14)18(11-16)20(28)26-17-2-1-3-17;6-5(7)4-2-1-3-4/h4-11,17H,1-3,12H2,(H,26,28);4H,1-3H2,(H,6,7). The monoisotopic (exact) mass is 506 g/mol. The number of carboxylic acid groups (broad SMARTS) is 1. The molecular formula is C26H26ClF3N2O3. The van der Waals surface area contributed by atoms with Crippen molar-refractivity contribution >= 4 is 34.4 Å². The average molecular weight is 507 g/mol. The minimum absolute atomic E-state index is 0.000000000000000444. The predicted octanol–water partition coefficient (Wildman–Crippen LogP) is 6.52. The van der Waals surface area contributed by atoms with Crippen molar-refractivity contribution in [2.75, 3.05) is 0 Å². The number of carbonyl (C=O) groups excluding carboxylic acids is 1. The number of halogens is 4. The van der Waals surface area contributed by atoms with Crippen LogP contribution in [-0.4, -0.2) is 27.6 Å². The molecule has 186 valence electrons. The van der Waals surface area contributed by atoms with E-state index in [9.17, 15) is 22.8 Å². The second-order valence-corrected chi connectivity index (χ2v) is 9.53. The molecule has 0 aliphatic heterocycles. The number of rotatable bonds is 5. The number of carboxylic acids is 1. The largest absolute Gasteiger partial charge is 0.481 e. The SMILES string of the molecule is O=C(NC1CCC1)c1cc(Cl)cc2ccn(Cc3ccc(C(F)(F)F)cc3)c12.O=C(O)C1CCC1. The first kappa shape index (κ1) is 25.1. The molecule has 1 aromatic heterocycles. The van der Waals surface area contributed by atoms with Gasteiger partial charge in [-0.2, -0.15) is 13.2 Å². The number of aromatic nitrogens is 1. The first-order chi connectivity index (χ1) is 16.6. The summed E-state index contributed by atoms with van der Waals surface area (Å²) in [5.74, 6) is -0.796. The maximum Gasteiger partial charge on any atom is 0.416 e. The van der Waals surface area contributed by atoms with E-state index >= 15 is 0 Å². The Kier molecular flexibility index (Phi) is 7.40. The van der Waals surface area contributed by atoms with Crippen molar-refractivity contribution in [2.45, 2.75) is 57.3 Å². The van der Waals surface area contributed by atoms with Crippen LogP contribution in [0.15, 0.2) is 48.7 Å². The van der Waals surface area contributed by atoms with E-state index in [4.69, 9.17) is 16.7 Å². The first-order valence-electron chi connectivity index (χ1n) is 11.6. The Bertz CT molecular complexity index is 1210. The molecule has 35 heavy (non-hydrogen) atoms. The van der Waals surface area contributed by atoms with Crippen molar-refractivity contribution in [2.24, 2.45) is 5.92 Å². The zero-order valence-corrected chi connectivity index (χ0v) is 19.7. The van der Waals surface area contributed by atoms with Gasteiger partial charge in [-0.05, 0) is 68.0 Å². The van der Waals surface area contributed by atoms with Crippen LogP contribution < -0.4 is 5.32 Å². The number of fused-ring (bicyclic) bond motifs is 1. The molecule has 2 fully saturated rings. The maximum absolute atomic E-state index is 12.8. The van der Waals surface area contributed by atoms with Gasteiger partial charge < -0.3 is 15.0 Å². The minimum atomic E-state index is -4.36. The van der Waals surface area contributed by atoms with Crippen LogP contribution in [0.25, 0.3) is 10.9 Å². The molecule has 2 aliphatic carbocycles. The molecule has 0 radical (unpaired) electrons. The van der Waals surface area contributed by atoms with Crippen molar-refractivity contribution in [1.29, 1.82) is 0 Å². The Morgan fingerprint density at radius 1 is 1.03 bits per heavy atom. The Balaban J connectivity index is 0.000000356. The van der Waals surface area contributed by atoms with E-state index < -0.39 is 17.7 Å². The van der Waals surface area contributed by atoms with Gasteiger partial charge in [0.1, 0.15) is 0 Å². The van der Waals surface area contributed by atoms with Crippen LogP contribution in [0.1, 0.15) is 60.0 Å². The van der Waals surface area contributed by atoms with E-state index in [1.54, 1.807) is 12.1 Å². The topological polar surface area (TPSA) is 71.3 Å². The van der Waals surface area contributed by atoms with Crippen LogP contribution in [0.4, 0.5) is 13.2 Å². The zero-order valence-electron chi connectivity index (χ0n) is 18.9. The smallest absolute Gasteiger partial charge is 0.416 e. The fourth-order valence-electron chi connectivity index (χ4n) is 4.08. The molecule has 0 bridgehead atoms. The van der Waals surface area contributed by atoms with E-state index in [1.807, 2.05) is 16.8 Å². The number of aliphatic carboxylic acids is 1. The molecule has 5 rings (SSSR count). The third kappa shape index (κ3) is 5.99. The molecule has 0 atom stereocenters. The summed E-state index contributed by atoms with van der Waals surface area (Å²) in [7, 11) is 0. The maximum atomic E-state index is 12.8. The predicted molar refractivity (Wildman–Crippen MR) is 128 cm³/mol. The van der Waals surface area contributed by atoms with Crippen molar-refractivity contribution in [3.8, 4) is 0 Å². The number of amides is 1. The molecule has 2 N–H and O–H groups in total. The summed E-state index contributed by atoms with van der Waals surface area (Å²) < 4.78 is 40.1. The van der Waals surface area contributed by atoms with E-state index in [2.05, 4.69) is 5.32 Å². The van der Waals surface area contributed by atoms with Crippen LogP contribution in [0.2, 0.25) is 5.02 Å². The molecule has 0 saturated heterocycles. The molecular weight excluding hydrogens is 481 g/mol. The van der Waals surface area contributed by atoms with Crippen LogP contribution in [0.3, 0.4) is 0 Å². The van der Waals surface area contributed by atoms with Gasteiger partial charge in [0.05, 0.1) is 22.6 Å². The van der Waals surface area contributed by atoms with Crippen molar-refractivity contribution < 1.29 is 27.9 Å². The molecule has 2 saturated carbocycles. The third-order valence-corrected chi connectivity index (χ3v) is 6.82. The summed E-state index contributed by atoms with van der Waals surface area (Å²) in [6.07, 6.45) is 3.42. The molecule has 0 unspecified atom stereocenters. The van der Waals surface area contributed by atoms with Crippen LogP contribution in [-0.2, 0) is 17.5 Å². The lowest BCUT2D eigenvalue weighted by Crippen LogP contribution is -2.39. The lowest BCUT2D eigenvalue weighted by atomic mass is 9.86. The van der Waals surface area contributed by atoms with Gasteiger partial charge in [0.25, 0.3) is 5.91 Å². The second kappa shape index (κ2) is 10.3. The Hall–Kier alpha value is -3.00. The van der Waals surface area contributed by atoms with Gasteiger partial charge in [-0.3, -0.25) is 9.59 Å². The second-order valence-electron chi connectivity index (χ2n) is 9.10. The van der Waals surface area contributed by atoms with E-state index in [-0.39, 0.29) is 17.9 Å². The van der Waals surface area contributed by atoms with Gasteiger partial charge >= 0.3 is 12.1 Å². The van der Waals surface area contributed by atoms with E-state index in [0.717, 1.165) is 61.6 Å². The Labute approximate surface area is 205 Å². The van der Waals surface area contributed by atoms with Crippen molar-refractivity contribution in [3.63, 3.8) is 0 Å². The number of alkyl halides is 3. The zero-order chi connectivity index (χ0) is 25.2. The third-order valence-electron chi connectivity index (χ3n) is 6.60. The molecule has 3 aromatic rings. The van der Waals surface area contributed by atoms with Gasteiger partial charge in [-0.1, -0.05) is 30.2 Å². The van der Waals surface area contributed by atoms with Gasteiger partial charge in [0, 0.05) is 29.2 Å². The molecule has 1 amide bonds. The number of hydrogen-bond acceptors (Lipinski definition) is 2. The molecule has 2 aromatic carbocycles. The molecule has 2 aliphatic rings. The van der Waals surface area contributed by atoms with Crippen molar-refractivity contribution in [1.82, 2.24) is 9.88 Å². The highest BCUT2D eigenvalue weighted by Gasteiger charge is 2.30. The number of carbonyl (C=O) groups is 2. The fourth-order valence-corrected chi connectivity index (χ4v) is 4.31. The average Bonchev–Trinajstić information content (AvgIpc) is 3.11. The number of nitrogens with zero attached hydrogens (tertiary/aromatic N) is 1. The van der Waals surface area contributed by atoms with Crippen LogP contribution in [0, 0.1) is 5.92 Å². The highest BCUT2D eigenvalue weighted by molar-refractivity contribution is 6.32. The summed E-state index contributed by atoms with van der Waals surface area (Å²) in [5.41, 5.74) is 1.24. The van der Waals surface area contributed by atoms with Gasteiger partial charge in [-0.25, -0.2) is 0 Å². The van der Waals surface area contributed by atoms with Gasteiger partial charge in [0.15, 0.2) is 0 Å². The van der Waals surface area contributed by atoms with E-state index in [1.165, 1.54) is 12.1 Å². The van der Waals surface area contributed by atoms with Gasteiger partial charge in [0.2, 0.25) is 0 Å². The van der Waals surface area contributed by atoms with Crippen LogP contribution in [0.5, 0.6) is 0 Å². The lowest BCUT2D eigenvalue weighted by Gasteiger charge is -2.26.